The number of thiazole rings is 1. The fraction of sp³-hybridized carbons (Fsp3) is 0.412. The number of hydrogen-bond acceptors (Lipinski definition) is 8. The standard InChI is InChI=1S/C34H46N6O4S2/c1-24(2)32-38-29(23-46-32)21-40(3)33(42)36-17-16-31(41)37-27(18-25-10-6-4-7-11-25)14-15-28(19-26-12-8-5-9-13-26)39-34(43)44-22-30(45)20-35/h4-13,20,23-24,27-28,45H,14-19,21-22,35H2,1-3H3,(H,36,42)(H,37,41)(H,39,43)/b30-20-. The van der Waals surface area contributed by atoms with Crippen molar-refractivity contribution in [1.82, 2.24) is 25.8 Å². The fourth-order valence-corrected chi connectivity index (χ4v) is 5.63. The zero-order valence-corrected chi connectivity index (χ0v) is 28.5. The lowest BCUT2D eigenvalue weighted by molar-refractivity contribution is -0.121. The van der Waals surface area contributed by atoms with Crippen LogP contribution in [0.1, 0.15) is 60.9 Å². The first-order chi connectivity index (χ1) is 22.1. The highest BCUT2D eigenvalue weighted by Crippen LogP contribution is 2.20. The number of amides is 4. The Labute approximate surface area is 281 Å². The Morgan fingerprint density at radius 1 is 0.978 bits per heavy atom. The van der Waals surface area contributed by atoms with E-state index >= 15 is 0 Å². The van der Waals surface area contributed by atoms with Gasteiger partial charge in [-0.15, -0.1) is 24.0 Å². The van der Waals surface area contributed by atoms with Gasteiger partial charge < -0.3 is 31.3 Å². The normalized spacial score (nSPS) is 12.7. The molecule has 0 fully saturated rings. The van der Waals surface area contributed by atoms with Crippen LogP contribution in [-0.4, -0.2) is 60.2 Å². The molecule has 3 rings (SSSR count). The van der Waals surface area contributed by atoms with E-state index in [0.29, 0.717) is 43.1 Å². The predicted molar refractivity (Wildman–Crippen MR) is 187 cm³/mol. The molecule has 0 radical (unpaired) electrons. The maximum atomic E-state index is 13.0. The molecule has 3 aromatic rings. The number of benzene rings is 2. The van der Waals surface area contributed by atoms with Crippen LogP contribution in [0.15, 0.2) is 77.1 Å². The summed E-state index contributed by atoms with van der Waals surface area (Å²) < 4.78 is 5.27. The summed E-state index contributed by atoms with van der Waals surface area (Å²) in [5.74, 6) is 0.183. The molecule has 248 valence electrons. The summed E-state index contributed by atoms with van der Waals surface area (Å²) in [6.07, 6.45) is 3.29. The van der Waals surface area contributed by atoms with Crippen molar-refractivity contribution in [2.45, 2.75) is 70.5 Å². The quantitative estimate of drug-likeness (QED) is 0.123. The molecule has 0 bridgehead atoms. The van der Waals surface area contributed by atoms with Gasteiger partial charge in [0.2, 0.25) is 5.91 Å². The molecule has 2 atom stereocenters. The van der Waals surface area contributed by atoms with E-state index in [2.05, 4.69) is 47.4 Å². The Morgan fingerprint density at radius 3 is 2.11 bits per heavy atom. The fourth-order valence-electron chi connectivity index (χ4n) is 4.74. The van der Waals surface area contributed by atoms with Gasteiger partial charge in [0.25, 0.3) is 0 Å². The van der Waals surface area contributed by atoms with E-state index in [1.807, 2.05) is 66.0 Å². The summed E-state index contributed by atoms with van der Waals surface area (Å²) in [4.78, 5) is 44.9. The molecule has 1 aromatic heterocycles. The third-order valence-electron chi connectivity index (χ3n) is 7.18. The number of carbonyl (C=O) groups is 3. The zero-order valence-electron chi connectivity index (χ0n) is 26.8. The van der Waals surface area contributed by atoms with Crippen LogP contribution in [0.4, 0.5) is 9.59 Å². The predicted octanol–water partition coefficient (Wildman–Crippen LogP) is 5.37. The van der Waals surface area contributed by atoms with Crippen molar-refractivity contribution in [1.29, 1.82) is 0 Å². The van der Waals surface area contributed by atoms with Gasteiger partial charge in [-0.25, -0.2) is 14.6 Å². The van der Waals surface area contributed by atoms with Crippen molar-refractivity contribution in [3.63, 3.8) is 0 Å². The maximum Gasteiger partial charge on any atom is 0.407 e. The molecule has 0 saturated carbocycles. The van der Waals surface area contributed by atoms with Gasteiger partial charge in [0.15, 0.2) is 0 Å². The van der Waals surface area contributed by atoms with E-state index in [-0.39, 0.29) is 43.6 Å². The van der Waals surface area contributed by atoms with E-state index in [4.69, 9.17) is 10.5 Å². The monoisotopic (exact) mass is 666 g/mol. The molecule has 12 heteroatoms. The Hall–Kier alpha value is -4.03. The molecule has 46 heavy (non-hydrogen) atoms. The van der Waals surface area contributed by atoms with Crippen LogP contribution in [-0.2, 0) is 28.9 Å². The first-order valence-corrected chi connectivity index (χ1v) is 16.8. The molecular formula is C34H46N6O4S2. The molecule has 0 spiro atoms. The minimum Gasteiger partial charge on any atom is -0.444 e. The Balaban J connectivity index is 1.56. The minimum absolute atomic E-state index is 0.0214. The van der Waals surface area contributed by atoms with Crippen LogP contribution in [0.3, 0.4) is 0 Å². The Kier molecular flexibility index (Phi) is 15.4. The third kappa shape index (κ3) is 13.5. The number of hydrogen-bond donors (Lipinski definition) is 5. The van der Waals surface area contributed by atoms with Gasteiger partial charge in [0.1, 0.15) is 6.61 Å². The number of carbonyl (C=O) groups excluding carboxylic acids is 3. The van der Waals surface area contributed by atoms with Crippen LogP contribution in [0.25, 0.3) is 0 Å². The summed E-state index contributed by atoms with van der Waals surface area (Å²) in [6, 6.07) is 19.1. The molecule has 2 unspecified atom stereocenters. The number of nitrogens with zero attached hydrogens (tertiary/aromatic N) is 2. The lowest BCUT2D eigenvalue weighted by atomic mass is 9.96. The average Bonchev–Trinajstić information content (AvgIpc) is 3.52. The molecule has 5 N–H and O–H groups in total. The number of thiol groups is 1. The largest absolute Gasteiger partial charge is 0.444 e. The van der Waals surface area contributed by atoms with Gasteiger partial charge in [0, 0.05) is 54.5 Å². The zero-order chi connectivity index (χ0) is 33.3. The van der Waals surface area contributed by atoms with Crippen molar-refractivity contribution in [2.75, 3.05) is 20.2 Å². The molecule has 1 heterocycles. The van der Waals surface area contributed by atoms with Crippen molar-refractivity contribution >= 4 is 42.0 Å². The second-order valence-corrected chi connectivity index (χ2v) is 12.9. The summed E-state index contributed by atoms with van der Waals surface area (Å²) in [7, 11) is 1.71. The van der Waals surface area contributed by atoms with E-state index in [9.17, 15) is 14.4 Å². The van der Waals surface area contributed by atoms with Gasteiger partial charge in [-0.2, -0.15) is 0 Å². The highest BCUT2D eigenvalue weighted by Gasteiger charge is 2.20. The number of nitrogens with one attached hydrogen (secondary N) is 3. The third-order valence-corrected chi connectivity index (χ3v) is 8.65. The highest BCUT2D eigenvalue weighted by molar-refractivity contribution is 7.84. The van der Waals surface area contributed by atoms with Crippen molar-refractivity contribution in [3.05, 3.63) is 99.0 Å². The topological polar surface area (TPSA) is 139 Å². The molecular weight excluding hydrogens is 621 g/mol. The van der Waals surface area contributed by atoms with E-state index in [1.165, 1.54) is 6.20 Å². The molecule has 10 nitrogen and oxygen atoms in total. The van der Waals surface area contributed by atoms with Gasteiger partial charge in [0.05, 0.1) is 17.2 Å². The first-order valence-electron chi connectivity index (χ1n) is 15.5. The molecule has 0 aliphatic heterocycles. The number of nitrogens with two attached hydrogens (primary N) is 1. The number of rotatable bonds is 17. The van der Waals surface area contributed by atoms with Gasteiger partial charge in [-0.1, -0.05) is 74.5 Å². The molecule has 0 aliphatic rings. The molecule has 2 aromatic carbocycles. The van der Waals surface area contributed by atoms with Crippen LogP contribution in [0.2, 0.25) is 0 Å². The van der Waals surface area contributed by atoms with Crippen LogP contribution < -0.4 is 21.7 Å². The number of urea groups is 1. The van der Waals surface area contributed by atoms with Crippen molar-refractivity contribution in [3.8, 4) is 0 Å². The Bertz CT molecular complexity index is 1400. The second kappa shape index (κ2) is 19.5. The average molecular weight is 667 g/mol. The maximum absolute atomic E-state index is 13.0. The summed E-state index contributed by atoms with van der Waals surface area (Å²) in [5, 5.41) is 12.0. The summed E-state index contributed by atoms with van der Waals surface area (Å²) in [6.45, 7) is 4.76. The smallest absolute Gasteiger partial charge is 0.407 e. The number of ether oxygens (including phenoxy) is 1. The Morgan fingerprint density at radius 2 is 1.57 bits per heavy atom. The molecule has 0 aliphatic carbocycles. The van der Waals surface area contributed by atoms with E-state index < -0.39 is 6.09 Å². The summed E-state index contributed by atoms with van der Waals surface area (Å²) >= 11 is 5.75. The SMILES string of the molecule is CC(C)c1nc(CN(C)C(=O)NCCC(=O)NC(CCC(Cc2ccccc2)NC(=O)OC/C(S)=C/N)Cc2ccccc2)cs1. The van der Waals surface area contributed by atoms with Crippen molar-refractivity contribution in [2.24, 2.45) is 5.73 Å². The van der Waals surface area contributed by atoms with Crippen molar-refractivity contribution < 1.29 is 19.1 Å². The number of alkyl carbamates (subject to hydrolysis) is 1. The lowest BCUT2D eigenvalue weighted by Gasteiger charge is -2.24. The minimum atomic E-state index is -0.561. The second-order valence-electron chi connectivity index (χ2n) is 11.5. The highest BCUT2D eigenvalue weighted by atomic mass is 32.1. The van der Waals surface area contributed by atoms with Gasteiger partial charge >= 0.3 is 12.1 Å². The molecule has 4 amide bonds. The van der Waals surface area contributed by atoms with Gasteiger partial charge in [-0.05, 0) is 36.8 Å². The van der Waals surface area contributed by atoms with Crippen LogP contribution in [0, 0.1) is 0 Å². The van der Waals surface area contributed by atoms with Crippen LogP contribution in [0.5, 0.6) is 0 Å². The number of aromatic nitrogens is 1. The molecule has 0 saturated heterocycles. The lowest BCUT2D eigenvalue weighted by Crippen LogP contribution is -2.42. The van der Waals surface area contributed by atoms with E-state index in [1.54, 1.807) is 23.3 Å². The van der Waals surface area contributed by atoms with Crippen LogP contribution >= 0.6 is 24.0 Å². The van der Waals surface area contributed by atoms with Gasteiger partial charge in [-0.3, -0.25) is 4.79 Å². The summed E-state index contributed by atoms with van der Waals surface area (Å²) in [5.41, 5.74) is 8.44. The first kappa shape index (κ1) is 36.4. The van der Waals surface area contributed by atoms with E-state index in [0.717, 1.165) is 21.8 Å².